The number of benzene rings is 2. The third-order valence-electron chi connectivity index (χ3n) is 7.12. The summed E-state index contributed by atoms with van der Waals surface area (Å²) < 4.78 is 47.4. The lowest BCUT2D eigenvalue weighted by Gasteiger charge is -2.38. The number of nitrogens with one attached hydrogen (secondary N) is 1. The van der Waals surface area contributed by atoms with Crippen LogP contribution in [-0.4, -0.2) is 59.9 Å². The van der Waals surface area contributed by atoms with Gasteiger partial charge in [0.15, 0.2) is 11.6 Å². The first kappa shape index (κ1) is 26.5. The van der Waals surface area contributed by atoms with E-state index in [-0.39, 0.29) is 18.7 Å². The molecule has 2 atom stereocenters. The van der Waals surface area contributed by atoms with E-state index in [0.717, 1.165) is 22.6 Å². The molecule has 2 aromatic carbocycles. The molecular weight excluding hydrogens is 485 g/mol. The highest BCUT2D eigenvalue weighted by atomic mass is 19.2. The van der Waals surface area contributed by atoms with Gasteiger partial charge >= 0.3 is 12.1 Å². The van der Waals surface area contributed by atoms with Crippen molar-refractivity contribution >= 4 is 12.1 Å². The van der Waals surface area contributed by atoms with Crippen LogP contribution in [0.5, 0.6) is 0 Å². The maximum absolute atomic E-state index is 14.9. The third kappa shape index (κ3) is 5.42. The molecule has 2 aliphatic rings. The van der Waals surface area contributed by atoms with Crippen LogP contribution >= 0.6 is 0 Å². The number of cyclic esters (lactones) is 1. The lowest BCUT2D eigenvalue weighted by atomic mass is 9.74. The minimum atomic E-state index is -1.43. The Labute approximate surface area is 213 Å². The molecule has 2 heterocycles. The van der Waals surface area contributed by atoms with Crippen LogP contribution in [0.15, 0.2) is 48.5 Å². The molecule has 2 saturated heterocycles. The number of hydrogen-bond acceptors (Lipinski definition) is 5. The topological polar surface area (TPSA) is 85.7 Å². The number of carbonyl (C=O) groups excluding carboxylic acids is 2. The predicted octanol–water partition coefficient (Wildman–Crippen LogP) is 4.84. The fourth-order valence-corrected chi connectivity index (χ4v) is 5.15. The smallest absolute Gasteiger partial charge is 0.419 e. The fraction of sp³-hybridized carbons (Fsp3) is 0.444. The first-order valence-electron chi connectivity index (χ1n) is 12.1. The van der Waals surface area contributed by atoms with Gasteiger partial charge in [-0.3, -0.25) is 0 Å². The van der Waals surface area contributed by atoms with Crippen LogP contribution in [0.2, 0.25) is 0 Å². The van der Waals surface area contributed by atoms with Crippen LogP contribution in [0.3, 0.4) is 0 Å². The van der Waals surface area contributed by atoms with Gasteiger partial charge in [0.1, 0.15) is 17.8 Å². The summed E-state index contributed by atoms with van der Waals surface area (Å²) in [6.45, 7) is 3.86. The Morgan fingerprint density at radius 3 is 2.46 bits per heavy atom. The van der Waals surface area contributed by atoms with E-state index in [1.165, 1.54) is 6.07 Å². The standard InChI is InChI=1S/C27H29F3N4O3/c1-26(2)23(18-8-9-21(29)22(30)14-18)34(25(36)37-26)24(35)32-15-20(28)16-33-12-10-27(17-31,11-13-33)19-6-4-3-5-7-19/h3-9,14,20,23H,10-13,15-16H2,1-2H3,(H,32,35). The summed E-state index contributed by atoms with van der Waals surface area (Å²) in [5.41, 5.74) is -0.685. The molecule has 0 aromatic heterocycles. The molecule has 0 spiro atoms. The Morgan fingerprint density at radius 2 is 1.84 bits per heavy atom. The van der Waals surface area contributed by atoms with Crippen LogP contribution in [0.4, 0.5) is 22.8 Å². The van der Waals surface area contributed by atoms with Crippen LogP contribution < -0.4 is 5.32 Å². The van der Waals surface area contributed by atoms with Gasteiger partial charge in [0.2, 0.25) is 0 Å². The zero-order valence-corrected chi connectivity index (χ0v) is 20.7. The second-order valence-electron chi connectivity index (χ2n) is 10.1. The molecule has 10 heteroatoms. The summed E-state index contributed by atoms with van der Waals surface area (Å²) in [7, 11) is 0. The van der Waals surface area contributed by atoms with Gasteiger partial charge in [-0.25, -0.2) is 27.7 Å². The lowest BCUT2D eigenvalue weighted by molar-refractivity contribution is 0.0676. The number of rotatable bonds is 6. The number of piperidine rings is 1. The van der Waals surface area contributed by atoms with Gasteiger partial charge in [0.25, 0.3) is 0 Å². The number of urea groups is 1. The van der Waals surface area contributed by atoms with Crippen molar-refractivity contribution in [3.05, 3.63) is 71.3 Å². The largest absolute Gasteiger partial charge is 0.440 e. The fourth-order valence-electron chi connectivity index (χ4n) is 5.15. The average Bonchev–Trinajstić information content (AvgIpc) is 3.13. The van der Waals surface area contributed by atoms with Gasteiger partial charge in [-0.15, -0.1) is 0 Å². The molecule has 2 fully saturated rings. The number of likely N-dealkylation sites (tertiary alicyclic amines) is 1. The van der Waals surface area contributed by atoms with Crippen molar-refractivity contribution in [1.82, 2.24) is 15.1 Å². The summed E-state index contributed by atoms with van der Waals surface area (Å²) in [6.07, 6.45) is -1.25. The van der Waals surface area contributed by atoms with Crippen molar-refractivity contribution in [3.63, 3.8) is 0 Å². The predicted molar refractivity (Wildman–Crippen MR) is 129 cm³/mol. The summed E-state index contributed by atoms with van der Waals surface area (Å²) in [6, 6.07) is 13.2. The van der Waals surface area contributed by atoms with Crippen molar-refractivity contribution in [3.8, 4) is 6.07 Å². The van der Waals surface area contributed by atoms with Crippen LogP contribution in [0.25, 0.3) is 0 Å². The van der Waals surface area contributed by atoms with Gasteiger partial charge < -0.3 is 15.0 Å². The zero-order chi connectivity index (χ0) is 26.8. The minimum Gasteiger partial charge on any atom is -0.440 e. The van der Waals surface area contributed by atoms with Crippen LogP contribution in [0, 0.1) is 23.0 Å². The van der Waals surface area contributed by atoms with E-state index in [1.807, 2.05) is 35.2 Å². The van der Waals surface area contributed by atoms with Gasteiger partial charge in [-0.2, -0.15) is 5.26 Å². The van der Waals surface area contributed by atoms with Gasteiger partial charge in [0.05, 0.1) is 18.0 Å². The molecule has 3 amide bonds. The number of carbonyl (C=O) groups is 2. The second kappa shape index (κ2) is 10.4. The third-order valence-corrected chi connectivity index (χ3v) is 7.12. The monoisotopic (exact) mass is 514 g/mol. The number of nitrogens with zero attached hydrogens (tertiary/aromatic N) is 3. The Kier molecular flexibility index (Phi) is 7.46. The number of ether oxygens (including phenoxy) is 1. The Morgan fingerprint density at radius 1 is 1.16 bits per heavy atom. The molecule has 2 aliphatic heterocycles. The molecule has 37 heavy (non-hydrogen) atoms. The number of halogens is 3. The van der Waals surface area contributed by atoms with E-state index < -0.39 is 47.0 Å². The number of amides is 3. The summed E-state index contributed by atoms with van der Waals surface area (Å²) in [5, 5.41) is 12.3. The van der Waals surface area contributed by atoms with E-state index in [4.69, 9.17) is 4.74 Å². The number of nitriles is 1. The normalized spacial score (nSPS) is 21.7. The highest BCUT2D eigenvalue weighted by Crippen LogP contribution is 2.41. The molecule has 196 valence electrons. The second-order valence-corrected chi connectivity index (χ2v) is 10.1. The molecule has 0 aliphatic carbocycles. The molecule has 0 saturated carbocycles. The van der Waals surface area contributed by atoms with Crippen molar-refractivity contribution in [2.75, 3.05) is 26.2 Å². The molecule has 2 unspecified atom stereocenters. The van der Waals surface area contributed by atoms with Gasteiger partial charge in [-0.05, 0) is 49.9 Å². The SMILES string of the molecule is CC1(C)OC(=O)N(C(=O)NCC(F)CN2CCC(C#N)(c3ccccc3)CC2)C1c1ccc(F)c(F)c1. The van der Waals surface area contributed by atoms with Crippen molar-refractivity contribution in [2.45, 2.75) is 49.9 Å². The van der Waals surface area contributed by atoms with Crippen LogP contribution in [-0.2, 0) is 10.2 Å². The highest BCUT2D eigenvalue weighted by molar-refractivity contribution is 5.93. The van der Waals surface area contributed by atoms with E-state index in [0.29, 0.717) is 25.9 Å². The molecule has 2 aromatic rings. The quantitative estimate of drug-likeness (QED) is 0.596. The Balaban J connectivity index is 1.35. The molecule has 7 nitrogen and oxygen atoms in total. The number of imide groups is 1. The Bertz CT molecular complexity index is 1190. The lowest BCUT2D eigenvalue weighted by Crippen LogP contribution is -2.48. The van der Waals surface area contributed by atoms with E-state index in [9.17, 15) is 28.0 Å². The zero-order valence-electron chi connectivity index (χ0n) is 20.7. The van der Waals surface area contributed by atoms with Crippen molar-refractivity contribution in [1.29, 1.82) is 5.26 Å². The summed E-state index contributed by atoms with van der Waals surface area (Å²) >= 11 is 0. The van der Waals surface area contributed by atoms with Crippen molar-refractivity contribution < 1.29 is 27.5 Å². The van der Waals surface area contributed by atoms with E-state index in [2.05, 4.69) is 11.4 Å². The minimum absolute atomic E-state index is 0.0547. The Hall–Kier alpha value is -3.58. The molecule has 4 rings (SSSR count). The average molecular weight is 515 g/mol. The highest BCUT2D eigenvalue weighted by Gasteiger charge is 2.51. The molecular formula is C27H29F3N4O3. The molecule has 0 radical (unpaired) electrons. The molecule has 1 N–H and O–H groups in total. The number of hydrogen-bond donors (Lipinski definition) is 1. The maximum Gasteiger partial charge on any atom is 0.419 e. The maximum atomic E-state index is 14.9. The van der Waals surface area contributed by atoms with Crippen LogP contribution in [0.1, 0.15) is 43.9 Å². The number of alkyl halides is 1. The first-order chi connectivity index (χ1) is 17.6. The molecule has 0 bridgehead atoms. The first-order valence-corrected chi connectivity index (χ1v) is 12.1. The van der Waals surface area contributed by atoms with Crippen molar-refractivity contribution in [2.24, 2.45) is 0 Å². The summed E-state index contributed by atoms with van der Waals surface area (Å²) in [5.74, 6) is -2.18. The summed E-state index contributed by atoms with van der Waals surface area (Å²) in [4.78, 5) is 28.0. The van der Waals surface area contributed by atoms with E-state index >= 15 is 0 Å². The van der Waals surface area contributed by atoms with Gasteiger partial charge in [-0.1, -0.05) is 36.4 Å². The van der Waals surface area contributed by atoms with E-state index in [1.54, 1.807) is 13.8 Å². The van der Waals surface area contributed by atoms with Gasteiger partial charge in [0, 0.05) is 19.6 Å².